The molecule has 0 spiro atoms. The van der Waals surface area contributed by atoms with Gasteiger partial charge in [-0.15, -0.1) is 0 Å². The normalized spacial score (nSPS) is 22.7. The Morgan fingerprint density at radius 3 is 2.38 bits per heavy atom. The second-order valence-corrected chi connectivity index (χ2v) is 3.60. The molecule has 0 bridgehead atoms. The molecule has 0 amide bonds. The van der Waals surface area contributed by atoms with E-state index in [4.69, 9.17) is 0 Å². The highest BCUT2D eigenvalue weighted by Gasteiger charge is 2.14. The van der Waals surface area contributed by atoms with E-state index >= 15 is 0 Å². The molecule has 2 N–H and O–H groups in total. The van der Waals surface area contributed by atoms with Crippen molar-refractivity contribution in [2.75, 3.05) is 13.1 Å². The standard InChI is InChI=1S/C10H16N2.2C2H6/c1-8-6-11-7-9-4-2-3-5-10(9)12-8;2*1-2/h4-5,8,11-12H,2-3,6-7H2,1H3;2*1-2H3. The summed E-state index contributed by atoms with van der Waals surface area (Å²) < 4.78 is 0. The Bertz CT molecular complexity index is 229. The van der Waals surface area contributed by atoms with Crippen LogP contribution in [0.5, 0.6) is 0 Å². The Labute approximate surface area is 101 Å². The average Bonchev–Trinajstić information content (AvgIpc) is 2.55. The van der Waals surface area contributed by atoms with Crippen molar-refractivity contribution < 1.29 is 0 Å². The topological polar surface area (TPSA) is 24.1 Å². The van der Waals surface area contributed by atoms with Gasteiger partial charge in [-0.25, -0.2) is 0 Å². The fourth-order valence-corrected chi connectivity index (χ4v) is 1.79. The molecule has 0 saturated carbocycles. The zero-order valence-electron chi connectivity index (χ0n) is 11.6. The summed E-state index contributed by atoms with van der Waals surface area (Å²) in [5, 5.41) is 6.94. The number of hydrogen-bond donors (Lipinski definition) is 2. The minimum Gasteiger partial charge on any atom is -0.381 e. The molecular weight excluding hydrogens is 196 g/mol. The first kappa shape index (κ1) is 15.2. The minimum absolute atomic E-state index is 0.556. The van der Waals surface area contributed by atoms with Gasteiger partial charge in [-0.3, -0.25) is 0 Å². The number of nitrogens with one attached hydrogen (secondary N) is 2. The van der Waals surface area contributed by atoms with Crippen LogP contribution in [0.15, 0.2) is 23.4 Å². The Morgan fingerprint density at radius 2 is 1.69 bits per heavy atom. The molecule has 1 heterocycles. The Kier molecular flexibility index (Phi) is 9.02. The molecule has 2 heteroatoms. The van der Waals surface area contributed by atoms with Gasteiger partial charge in [0, 0.05) is 24.8 Å². The monoisotopic (exact) mass is 224 g/mol. The maximum absolute atomic E-state index is 3.51. The smallest absolute Gasteiger partial charge is 0.0357 e. The summed E-state index contributed by atoms with van der Waals surface area (Å²) in [7, 11) is 0. The number of fused-ring (bicyclic) bond motifs is 1. The molecule has 0 aromatic heterocycles. The predicted octanol–water partition coefficient (Wildman–Crippen LogP) is 3.22. The lowest BCUT2D eigenvalue weighted by atomic mass is 10.0. The van der Waals surface area contributed by atoms with Crippen molar-refractivity contribution in [3.63, 3.8) is 0 Å². The molecule has 1 atom stereocenters. The van der Waals surface area contributed by atoms with Crippen LogP contribution in [0.1, 0.15) is 47.5 Å². The van der Waals surface area contributed by atoms with Crippen LogP contribution < -0.4 is 10.6 Å². The van der Waals surface area contributed by atoms with E-state index in [-0.39, 0.29) is 0 Å². The molecule has 0 aromatic rings. The molecule has 16 heavy (non-hydrogen) atoms. The van der Waals surface area contributed by atoms with Crippen molar-refractivity contribution in [3.05, 3.63) is 23.4 Å². The summed E-state index contributed by atoms with van der Waals surface area (Å²) in [6.07, 6.45) is 7.06. The zero-order valence-corrected chi connectivity index (χ0v) is 11.6. The van der Waals surface area contributed by atoms with Gasteiger partial charge in [-0.1, -0.05) is 39.8 Å². The fourth-order valence-electron chi connectivity index (χ4n) is 1.79. The summed E-state index contributed by atoms with van der Waals surface area (Å²) in [4.78, 5) is 0. The van der Waals surface area contributed by atoms with Crippen molar-refractivity contribution in [1.29, 1.82) is 0 Å². The maximum atomic E-state index is 3.51. The number of rotatable bonds is 0. The number of allylic oxidation sites excluding steroid dienone is 2. The van der Waals surface area contributed by atoms with Gasteiger partial charge >= 0.3 is 0 Å². The highest BCUT2D eigenvalue weighted by molar-refractivity contribution is 5.34. The molecule has 1 aliphatic carbocycles. The summed E-state index contributed by atoms with van der Waals surface area (Å²) in [6.45, 7) is 12.3. The van der Waals surface area contributed by atoms with Crippen LogP contribution in [0.4, 0.5) is 0 Å². The van der Waals surface area contributed by atoms with Gasteiger partial charge in [0.05, 0.1) is 0 Å². The molecule has 1 saturated heterocycles. The lowest BCUT2D eigenvalue weighted by molar-refractivity contribution is 0.593. The van der Waals surface area contributed by atoms with E-state index in [1.807, 2.05) is 27.7 Å². The van der Waals surface area contributed by atoms with Crippen molar-refractivity contribution in [2.45, 2.75) is 53.5 Å². The predicted molar refractivity (Wildman–Crippen MR) is 73.6 cm³/mol. The first-order valence-electron chi connectivity index (χ1n) is 6.73. The molecule has 94 valence electrons. The lowest BCUT2D eigenvalue weighted by Crippen LogP contribution is -2.31. The Balaban J connectivity index is 0.000000509. The van der Waals surface area contributed by atoms with Gasteiger partial charge in [0.25, 0.3) is 0 Å². The van der Waals surface area contributed by atoms with Gasteiger partial charge < -0.3 is 10.6 Å². The minimum atomic E-state index is 0.556. The molecule has 1 aliphatic heterocycles. The van der Waals surface area contributed by atoms with E-state index in [1.54, 1.807) is 0 Å². The van der Waals surface area contributed by atoms with E-state index in [9.17, 15) is 0 Å². The molecule has 0 radical (unpaired) electrons. The third-order valence-corrected chi connectivity index (χ3v) is 2.42. The second-order valence-electron chi connectivity index (χ2n) is 3.60. The van der Waals surface area contributed by atoms with Gasteiger partial charge in [-0.05, 0) is 25.3 Å². The Morgan fingerprint density at radius 1 is 1.06 bits per heavy atom. The van der Waals surface area contributed by atoms with Crippen LogP contribution in [-0.2, 0) is 0 Å². The van der Waals surface area contributed by atoms with Crippen LogP contribution in [0, 0.1) is 0 Å². The van der Waals surface area contributed by atoms with Crippen LogP contribution in [0.3, 0.4) is 0 Å². The van der Waals surface area contributed by atoms with Crippen molar-refractivity contribution >= 4 is 0 Å². The first-order chi connectivity index (χ1) is 7.86. The van der Waals surface area contributed by atoms with Crippen molar-refractivity contribution in [2.24, 2.45) is 0 Å². The van der Waals surface area contributed by atoms with Crippen LogP contribution >= 0.6 is 0 Å². The molecular formula is C14H28N2. The highest BCUT2D eigenvalue weighted by atomic mass is 15.0. The zero-order chi connectivity index (χ0) is 12.4. The molecule has 0 aromatic carbocycles. The molecule has 2 nitrogen and oxygen atoms in total. The highest BCUT2D eigenvalue weighted by Crippen LogP contribution is 2.17. The average molecular weight is 224 g/mol. The van der Waals surface area contributed by atoms with E-state index in [0.29, 0.717) is 6.04 Å². The van der Waals surface area contributed by atoms with Crippen molar-refractivity contribution in [3.8, 4) is 0 Å². The quantitative estimate of drug-likeness (QED) is 0.660. The van der Waals surface area contributed by atoms with Crippen molar-refractivity contribution in [1.82, 2.24) is 10.6 Å². The number of hydrogen-bond acceptors (Lipinski definition) is 2. The van der Waals surface area contributed by atoms with Gasteiger partial charge in [0.1, 0.15) is 0 Å². The van der Waals surface area contributed by atoms with Gasteiger partial charge in [0.2, 0.25) is 0 Å². The first-order valence-corrected chi connectivity index (χ1v) is 6.73. The van der Waals surface area contributed by atoms with E-state index in [1.165, 1.54) is 24.1 Å². The molecule has 2 rings (SSSR count). The lowest BCUT2D eigenvalue weighted by Gasteiger charge is -2.16. The fraction of sp³-hybridized carbons (Fsp3) is 0.714. The van der Waals surface area contributed by atoms with E-state index < -0.39 is 0 Å². The van der Waals surface area contributed by atoms with Gasteiger partial charge in [-0.2, -0.15) is 0 Å². The van der Waals surface area contributed by atoms with E-state index in [2.05, 4.69) is 29.7 Å². The molecule has 2 aliphatic rings. The Hall–Kier alpha value is -0.760. The molecule has 1 fully saturated rings. The van der Waals surface area contributed by atoms with Crippen LogP contribution in [0.2, 0.25) is 0 Å². The third kappa shape index (κ3) is 4.84. The summed E-state index contributed by atoms with van der Waals surface area (Å²) >= 11 is 0. The van der Waals surface area contributed by atoms with Gasteiger partial charge in [0.15, 0.2) is 0 Å². The SMILES string of the molecule is CC.CC.CC1CNCC2=CCCC=C2N1. The van der Waals surface area contributed by atoms with E-state index in [0.717, 1.165) is 13.1 Å². The summed E-state index contributed by atoms with van der Waals surface area (Å²) in [5.41, 5.74) is 2.81. The van der Waals surface area contributed by atoms with Crippen LogP contribution in [0.25, 0.3) is 0 Å². The molecule has 1 unspecified atom stereocenters. The largest absolute Gasteiger partial charge is 0.381 e. The second kappa shape index (κ2) is 9.46. The summed E-state index contributed by atoms with van der Waals surface area (Å²) in [5.74, 6) is 0. The third-order valence-electron chi connectivity index (χ3n) is 2.42. The van der Waals surface area contributed by atoms with Crippen LogP contribution in [-0.4, -0.2) is 19.1 Å². The maximum Gasteiger partial charge on any atom is 0.0357 e. The summed E-state index contributed by atoms with van der Waals surface area (Å²) in [6, 6.07) is 0.556.